The zero-order chi connectivity index (χ0) is 20.5. The van der Waals surface area contributed by atoms with Crippen molar-refractivity contribution < 1.29 is 19.4 Å². The molecule has 3 atom stereocenters. The minimum absolute atomic E-state index is 0.0422. The number of esters is 1. The number of methoxy groups -OCH3 is 1. The molecule has 0 radical (unpaired) electrons. The van der Waals surface area contributed by atoms with Crippen molar-refractivity contribution in [3.8, 4) is 11.8 Å². The van der Waals surface area contributed by atoms with E-state index in [0.29, 0.717) is 24.3 Å². The minimum atomic E-state index is -0.554. The van der Waals surface area contributed by atoms with Gasteiger partial charge >= 0.3 is 5.97 Å². The van der Waals surface area contributed by atoms with Crippen molar-refractivity contribution in [2.45, 2.75) is 58.1 Å². The third-order valence-electron chi connectivity index (χ3n) is 4.96. The second-order valence-corrected chi connectivity index (χ2v) is 8.21. The van der Waals surface area contributed by atoms with Gasteiger partial charge in [0.25, 0.3) is 0 Å². The number of thiophene rings is 1. The average molecular weight is 404 g/mol. The van der Waals surface area contributed by atoms with Gasteiger partial charge in [0.2, 0.25) is 5.91 Å². The molecule has 2 heterocycles. The molecule has 1 N–H and O–H groups in total. The van der Waals surface area contributed by atoms with Crippen LogP contribution in [-0.2, 0) is 16.0 Å². The van der Waals surface area contributed by atoms with Gasteiger partial charge in [-0.05, 0) is 44.2 Å². The first-order valence-corrected chi connectivity index (χ1v) is 10.5. The predicted octanol–water partition coefficient (Wildman–Crippen LogP) is 3.42. The highest BCUT2D eigenvalue weighted by molar-refractivity contribution is 7.13. The molecule has 0 saturated carbocycles. The molecular weight excluding hydrogens is 374 g/mol. The maximum absolute atomic E-state index is 12.2. The lowest BCUT2D eigenvalue weighted by Gasteiger charge is -2.23. The molecule has 0 spiro atoms. The number of amides is 1. The first-order valence-electron chi connectivity index (χ1n) is 9.68. The fourth-order valence-electron chi connectivity index (χ4n) is 3.21. The van der Waals surface area contributed by atoms with Gasteiger partial charge < -0.3 is 14.7 Å². The van der Waals surface area contributed by atoms with Gasteiger partial charge in [0.15, 0.2) is 0 Å². The Balaban J connectivity index is 1.86. The third kappa shape index (κ3) is 6.22. The summed E-state index contributed by atoms with van der Waals surface area (Å²) in [7, 11) is 1.38. The molecule has 6 heteroatoms. The van der Waals surface area contributed by atoms with Crippen molar-refractivity contribution in [1.82, 2.24) is 4.90 Å². The smallest absolute Gasteiger partial charge is 0.348 e. The van der Waals surface area contributed by atoms with Crippen LogP contribution in [0.5, 0.6) is 0 Å². The van der Waals surface area contributed by atoms with Gasteiger partial charge in [-0.25, -0.2) is 4.79 Å². The van der Waals surface area contributed by atoms with Gasteiger partial charge in [-0.15, -0.1) is 23.2 Å². The molecule has 0 bridgehead atoms. The zero-order valence-corrected chi connectivity index (χ0v) is 17.6. The second kappa shape index (κ2) is 11.0. The lowest BCUT2D eigenvalue weighted by Crippen LogP contribution is -2.33. The Morgan fingerprint density at radius 3 is 3.00 bits per heavy atom. The number of carbonyl (C=O) groups excluding carboxylic acids is 2. The van der Waals surface area contributed by atoms with Crippen LogP contribution >= 0.6 is 11.3 Å². The first kappa shape index (κ1) is 22.2. The molecule has 1 aromatic rings. The quantitative estimate of drug-likeness (QED) is 0.390. The molecule has 28 heavy (non-hydrogen) atoms. The van der Waals surface area contributed by atoms with Crippen LogP contribution < -0.4 is 0 Å². The summed E-state index contributed by atoms with van der Waals surface area (Å²) in [6, 6.07) is 3.77. The monoisotopic (exact) mass is 403 g/mol. The Morgan fingerprint density at radius 1 is 1.50 bits per heavy atom. The molecule has 1 saturated heterocycles. The maximum Gasteiger partial charge on any atom is 0.348 e. The molecule has 152 valence electrons. The number of aryl methyl sites for hydroxylation is 1. The van der Waals surface area contributed by atoms with E-state index in [4.69, 9.17) is 4.74 Å². The Labute approximate surface area is 171 Å². The summed E-state index contributed by atoms with van der Waals surface area (Å²) >= 11 is 1.44. The summed E-state index contributed by atoms with van der Waals surface area (Å²) in [5.41, 5.74) is 0. The van der Waals surface area contributed by atoms with Crippen LogP contribution in [0.4, 0.5) is 0 Å². The lowest BCUT2D eigenvalue weighted by molar-refractivity contribution is -0.128. The van der Waals surface area contributed by atoms with E-state index in [9.17, 15) is 14.7 Å². The van der Waals surface area contributed by atoms with Crippen LogP contribution in [0.2, 0.25) is 0 Å². The molecule has 2 rings (SSSR count). The Morgan fingerprint density at radius 2 is 2.29 bits per heavy atom. The molecule has 0 aromatic carbocycles. The standard InChI is InChI=1S/C22H29NO4S/c1-4-5-7-16(2)19(24)12-9-17-10-14-21(25)23(17)15-6-8-18-11-13-20(28-18)22(26)27-3/h9,11-13,16-17,19,24H,6-8,10,14-15H2,1-3H3/t16-,17-,19-/m0/s1. The molecule has 0 aliphatic carbocycles. The number of rotatable bonds is 9. The SMILES string of the molecule is CC#CC[C@H](C)[C@@H](O)C=C[C@H]1CCC(=O)N1CCCc1ccc(C(=O)OC)s1. The Bertz CT molecular complexity index is 758. The largest absolute Gasteiger partial charge is 0.465 e. The van der Waals surface area contributed by atoms with E-state index < -0.39 is 6.10 Å². The molecule has 0 unspecified atom stereocenters. The van der Waals surface area contributed by atoms with Crippen molar-refractivity contribution in [3.05, 3.63) is 34.0 Å². The van der Waals surface area contributed by atoms with Crippen LogP contribution in [0.3, 0.4) is 0 Å². The highest BCUT2D eigenvalue weighted by Crippen LogP contribution is 2.23. The van der Waals surface area contributed by atoms with Gasteiger partial charge in [0.05, 0.1) is 19.3 Å². The normalized spacial score (nSPS) is 18.8. The summed E-state index contributed by atoms with van der Waals surface area (Å²) in [4.78, 5) is 27.4. The maximum atomic E-state index is 12.2. The Kier molecular flexibility index (Phi) is 8.75. The van der Waals surface area contributed by atoms with Crippen molar-refractivity contribution >= 4 is 23.2 Å². The number of hydrogen-bond donors (Lipinski definition) is 1. The highest BCUT2D eigenvalue weighted by Gasteiger charge is 2.28. The molecule has 1 aliphatic rings. The molecule has 5 nitrogen and oxygen atoms in total. The fraction of sp³-hybridized carbons (Fsp3) is 0.545. The van der Waals surface area contributed by atoms with Crippen LogP contribution in [-0.4, -0.2) is 47.7 Å². The Hall–Kier alpha value is -2.10. The predicted molar refractivity (Wildman–Crippen MR) is 111 cm³/mol. The molecule has 1 aromatic heterocycles. The topological polar surface area (TPSA) is 66.8 Å². The van der Waals surface area contributed by atoms with E-state index in [1.165, 1.54) is 18.4 Å². The van der Waals surface area contributed by atoms with E-state index >= 15 is 0 Å². The summed E-state index contributed by atoms with van der Waals surface area (Å²) in [6.45, 7) is 4.44. The molecular formula is C22H29NO4S. The minimum Gasteiger partial charge on any atom is -0.465 e. The fourth-order valence-corrected chi connectivity index (χ4v) is 4.18. The van der Waals surface area contributed by atoms with Crippen molar-refractivity contribution in [2.24, 2.45) is 5.92 Å². The van der Waals surface area contributed by atoms with Crippen molar-refractivity contribution in [2.75, 3.05) is 13.7 Å². The lowest BCUT2D eigenvalue weighted by atomic mass is 10.00. The van der Waals surface area contributed by atoms with Gasteiger partial charge in [0.1, 0.15) is 4.88 Å². The summed E-state index contributed by atoms with van der Waals surface area (Å²) in [5.74, 6) is 5.76. The first-order chi connectivity index (χ1) is 13.5. The van der Waals surface area contributed by atoms with E-state index in [1.54, 1.807) is 19.1 Å². The number of likely N-dealkylation sites (tertiary alicyclic amines) is 1. The summed E-state index contributed by atoms with van der Waals surface area (Å²) < 4.78 is 4.73. The van der Waals surface area contributed by atoms with Crippen LogP contribution in [0.25, 0.3) is 0 Å². The number of aliphatic hydroxyl groups excluding tert-OH is 1. The van der Waals surface area contributed by atoms with Crippen LogP contribution in [0, 0.1) is 17.8 Å². The van der Waals surface area contributed by atoms with Crippen LogP contribution in [0.15, 0.2) is 24.3 Å². The zero-order valence-electron chi connectivity index (χ0n) is 16.8. The van der Waals surface area contributed by atoms with Crippen molar-refractivity contribution in [1.29, 1.82) is 0 Å². The van der Waals surface area contributed by atoms with Gasteiger partial charge in [0, 0.05) is 24.3 Å². The number of hydrogen-bond acceptors (Lipinski definition) is 5. The van der Waals surface area contributed by atoms with Crippen molar-refractivity contribution in [3.63, 3.8) is 0 Å². The molecule has 1 aliphatic heterocycles. The average Bonchev–Trinajstić information content (AvgIpc) is 3.31. The van der Waals surface area contributed by atoms with E-state index in [0.717, 1.165) is 24.1 Å². The second-order valence-electron chi connectivity index (χ2n) is 7.04. The summed E-state index contributed by atoms with van der Waals surface area (Å²) in [5, 5.41) is 10.3. The number of nitrogens with zero attached hydrogens (tertiary/aromatic N) is 1. The molecule has 1 fully saturated rings. The van der Waals surface area contributed by atoms with E-state index in [1.807, 2.05) is 24.0 Å². The van der Waals surface area contributed by atoms with E-state index in [-0.39, 0.29) is 23.8 Å². The third-order valence-corrected chi connectivity index (χ3v) is 6.08. The number of carbonyl (C=O) groups is 2. The van der Waals surface area contributed by atoms with E-state index in [2.05, 4.69) is 11.8 Å². The van der Waals surface area contributed by atoms with Gasteiger partial charge in [-0.2, -0.15) is 0 Å². The van der Waals surface area contributed by atoms with Gasteiger partial charge in [-0.3, -0.25) is 4.79 Å². The van der Waals surface area contributed by atoms with Gasteiger partial charge in [-0.1, -0.05) is 19.1 Å². The summed E-state index contributed by atoms with van der Waals surface area (Å²) in [6.07, 6.45) is 6.86. The van der Waals surface area contributed by atoms with Crippen LogP contribution in [0.1, 0.15) is 54.1 Å². The number of aliphatic hydroxyl groups is 1. The molecule has 1 amide bonds. The number of ether oxygens (including phenoxy) is 1. The highest BCUT2D eigenvalue weighted by atomic mass is 32.1.